The van der Waals surface area contributed by atoms with Crippen molar-refractivity contribution in [2.75, 3.05) is 13.1 Å². The number of aromatic nitrogens is 1. The number of carbonyl (C=O) groups is 1. The molecule has 1 heterocycles. The van der Waals surface area contributed by atoms with Crippen LogP contribution in [0.3, 0.4) is 0 Å². The van der Waals surface area contributed by atoms with Gasteiger partial charge >= 0.3 is 0 Å². The van der Waals surface area contributed by atoms with E-state index in [1.807, 2.05) is 13.8 Å². The number of Topliss-reactive ketones (excluding diaryl/α,β-unsaturated/α-hetero) is 1. The molecule has 0 amide bonds. The quantitative estimate of drug-likeness (QED) is 0.812. The van der Waals surface area contributed by atoms with Crippen molar-refractivity contribution in [3.63, 3.8) is 0 Å². The average Bonchev–Trinajstić information content (AvgIpc) is 2.69. The number of ketones is 1. The van der Waals surface area contributed by atoms with Crippen molar-refractivity contribution in [1.82, 2.24) is 10.3 Å². The summed E-state index contributed by atoms with van der Waals surface area (Å²) in [5.74, 6) is 0.161. The highest BCUT2D eigenvalue weighted by atomic mass is 16.1. The number of carbonyl (C=O) groups excluding carboxylic acids is 1. The molecule has 2 aromatic rings. The lowest BCUT2D eigenvalue weighted by Crippen LogP contribution is -2.22. The van der Waals surface area contributed by atoms with Gasteiger partial charge in [-0.15, -0.1) is 0 Å². The van der Waals surface area contributed by atoms with Gasteiger partial charge < -0.3 is 10.3 Å². The molecule has 0 unspecified atom stereocenters. The highest BCUT2D eigenvalue weighted by Crippen LogP contribution is 2.28. The summed E-state index contributed by atoms with van der Waals surface area (Å²) in [5, 5.41) is 4.18. The predicted molar refractivity (Wildman–Crippen MR) is 75.4 cm³/mol. The van der Waals surface area contributed by atoms with E-state index in [0.29, 0.717) is 6.54 Å². The summed E-state index contributed by atoms with van der Waals surface area (Å²) >= 11 is 0. The topological polar surface area (TPSA) is 44.9 Å². The number of likely N-dealkylation sites (N-methyl/N-ethyl adjacent to an activating group) is 1. The largest absolute Gasteiger partial charge is 0.358 e. The molecule has 1 aromatic carbocycles. The molecule has 0 aliphatic rings. The summed E-state index contributed by atoms with van der Waals surface area (Å²) in [6.07, 6.45) is 0. The van der Waals surface area contributed by atoms with Crippen molar-refractivity contribution in [2.45, 2.75) is 27.7 Å². The highest BCUT2D eigenvalue weighted by Gasteiger charge is 2.17. The maximum absolute atomic E-state index is 12.3. The summed E-state index contributed by atoms with van der Waals surface area (Å²) in [5.41, 5.74) is 5.23. The second kappa shape index (κ2) is 4.94. The Morgan fingerprint density at radius 3 is 2.56 bits per heavy atom. The van der Waals surface area contributed by atoms with Gasteiger partial charge in [-0.1, -0.05) is 19.1 Å². The van der Waals surface area contributed by atoms with Gasteiger partial charge in [-0.3, -0.25) is 4.79 Å². The molecule has 0 aliphatic carbocycles. The first-order valence-electron chi connectivity index (χ1n) is 6.38. The molecule has 2 N–H and O–H groups in total. The van der Waals surface area contributed by atoms with Gasteiger partial charge in [0.2, 0.25) is 0 Å². The van der Waals surface area contributed by atoms with E-state index in [2.05, 4.69) is 36.3 Å². The maximum Gasteiger partial charge on any atom is 0.179 e. The molecular weight excluding hydrogens is 224 g/mol. The molecule has 0 aliphatic heterocycles. The third-order valence-electron chi connectivity index (χ3n) is 3.37. The SMILES string of the molecule is CCNCC(=O)c1c(C)[nH]c2c(C)ccc(C)c12. The van der Waals surface area contributed by atoms with Crippen LogP contribution in [0.1, 0.15) is 34.1 Å². The fourth-order valence-corrected chi connectivity index (χ4v) is 2.41. The molecule has 0 spiro atoms. The number of hydrogen-bond acceptors (Lipinski definition) is 2. The summed E-state index contributed by atoms with van der Waals surface area (Å²) in [6.45, 7) is 9.31. The van der Waals surface area contributed by atoms with Crippen molar-refractivity contribution in [3.8, 4) is 0 Å². The van der Waals surface area contributed by atoms with Crippen LogP contribution < -0.4 is 5.32 Å². The predicted octanol–water partition coefficient (Wildman–Crippen LogP) is 2.89. The van der Waals surface area contributed by atoms with Gasteiger partial charge in [0.05, 0.1) is 6.54 Å². The van der Waals surface area contributed by atoms with Gasteiger partial charge in [0.25, 0.3) is 0 Å². The number of hydrogen-bond donors (Lipinski definition) is 2. The van der Waals surface area contributed by atoms with E-state index in [4.69, 9.17) is 0 Å². The molecular formula is C15H20N2O. The van der Waals surface area contributed by atoms with Crippen molar-refractivity contribution in [1.29, 1.82) is 0 Å². The molecule has 0 atom stereocenters. The van der Waals surface area contributed by atoms with Gasteiger partial charge in [-0.25, -0.2) is 0 Å². The van der Waals surface area contributed by atoms with E-state index in [-0.39, 0.29) is 5.78 Å². The lowest BCUT2D eigenvalue weighted by molar-refractivity contribution is 0.0993. The molecule has 1 aromatic heterocycles. The van der Waals surface area contributed by atoms with E-state index >= 15 is 0 Å². The van der Waals surface area contributed by atoms with E-state index in [0.717, 1.165) is 34.3 Å². The Balaban J connectivity index is 2.60. The van der Waals surface area contributed by atoms with Crippen LogP contribution in [0.15, 0.2) is 12.1 Å². The summed E-state index contributed by atoms with van der Waals surface area (Å²) < 4.78 is 0. The molecule has 3 nitrogen and oxygen atoms in total. The minimum absolute atomic E-state index is 0.161. The Labute approximate surface area is 108 Å². The molecule has 0 saturated heterocycles. The summed E-state index contributed by atoms with van der Waals surface area (Å²) in [6, 6.07) is 4.17. The van der Waals surface area contributed by atoms with Gasteiger partial charge in [0, 0.05) is 22.2 Å². The standard InChI is InChI=1S/C15H20N2O/c1-5-16-8-12(18)14-11(4)17-15-10(3)7-6-9(2)13(14)15/h6-7,16-17H,5,8H2,1-4H3. The zero-order chi connectivity index (χ0) is 13.3. The number of aryl methyl sites for hydroxylation is 3. The lowest BCUT2D eigenvalue weighted by Gasteiger charge is -2.04. The van der Waals surface area contributed by atoms with Crippen molar-refractivity contribution < 1.29 is 4.79 Å². The van der Waals surface area contributed by atoms with Crippen molar-refractivity contribution in [2.24, 2.45) is 0 Å². The molecule has 96 valence electrons. The van der Waals surface area contributed by atoms with E-state index in [1.54, 1.807) is 0 Å². The Kier molecular flexibility index (Phi) is 3.53. The number of H-pyrrole nitrogens is 1. The number of nitrogens with one attached hydrogen (secondary N) is 2. The minimum atomic E-state index is 0.161. The number of benzene rings is 1. The van der Waals surface area contributed by atoms with Crippen LogP contribution in [0.2, 0.25) is 0 Å². The van der Waals surface area contributed by atoms with E-state index in [1.165, 1.54) is 5.56 Å². The summed E-state index contributed by atoms with van der Waals surface area (Å²) in [4.78, 5) is 15.6. The van der Waals surface area contributed by atoms with Crippen LogP contribution in [-0.2, 0) is 0 Å². The molecule has 2 rings (SSSR count). The Hall–Kier alpha value is -1.61. The minimum Gasteiger partial charge on any atom is -0.358 e. The second-order valence-electron chi connectivity index (χ2n) is 4.78. The Morgan fingerprint density at radius 1 is 1.22 bits per heavy atom. The normalized spacial score (nSPS) is 11.1. The fraction of sp³-hybridized carbons (Fsp3) is 0.400. The highest BCUT2D eigenvalue weighted by molar-refractivity contribution is 6.11. The molecule has 0 saturated carbocycles. The maximum atomic E-state index is 12.3. The Morgan fingerprint density at radius 2 is 1.89 bits per heavy atom. The second-order valence-corrected chi connectivity index (χ2v) is 4.78. The van der Waals surface area contributed by atoms with E-state index in [9.17, 15) is 4.79 Å². The number of rotatable bonds is 4. The van der Waals surface area contributed by atoms with E-state index < -0.39 is 0 Å². The monoisotopic (exact) mass is 244 g/mol. The first-order valence-corrected chi connectivity index (χ1v) is 6.38. The van der Waals surface area contributed by atoms with Crippen molar-refractivity contribution >= 4 is 16.7 Å². The third kappa shape index (κ3) is 2.06. The first kappa shape index (κ1) is 12.8. The fourth-order valence-electron chi connectivity index (χ4n) is 2.41. The van der Waals surface area contributed by atoms with Gasteiger partial charge in [-0.05, 0) is 38.4 Å². The number of fused-ring (bicyclic) bond motifs is 1. The molecule has 0 bridgehead atoms. The molecule has 0 radical (unpaired) electrons. The zero-order valence-corrected chi connectivity index (χ0v) is 11.5. The smallest absolute Gasteiger partial charge is 0.179 e. The van der Waals surface area contributed by atoms with Gasteiger partial charge in [-0.2, -0.15) is 0 Å². The molecule has 18 heavy (non-hydrogen) atoms. The van der Waals surface area contributed by atoms with Crippen LogP contribution in [0, 0.1) is 20.8 Å². The van der Waals surface area contributed by atoms with Crippen molar-refractivity contribution in [3.05, 3.63) is 34.5 Å². The Bertz CT molecular complexity index is 596. The van der Waals surface area contributed by atoms with Crippen LogP contribution in [-0.4, -0.2) is 23.9 Å². The van der Waals surface area contributed by atoms with Crippen LogP contribution in [0.4, 0.5) is 0 Å². The van der Waals surface area contributed by atoms with Crippen LogP contribution in [0.25, 0.3) is 10.9 Å². The number of aromatic amines is 1. The van der Waals surface area contributed by atoms with Crippen LogP contribution in [0.5, 0.6) is 0 Å². The first-order chi connectivity index (χ1) is 8.56. The van der Waals surface area contributed by atoms with Gasteiger partial charge in [0.15, 0.2) is 5.78 Å². The lowest BCUT2D eigenvalue weighted by atomic mass is 10.0. The van der Waals surface area contributed by atoms with Gasteiger partial charge in [0.1, 0.15) is 0 Å². The third-order valence-corrected chi connectivity index (χ3v) is 3.37. The molecule has 3 heteroatoms. The molecule has 0 fully saturated rings. The zero-order valence-electron chi connectivity index (χ0n) is 11.5. The average molecular weight is 244 g/mol. The summed E-state index contributed by atoms with van der Waals surface area (Å²) in [7, 11) is 0. The van der Waals surface area contributed by atoms with Crippen LogP contribution >= 0.6 is 0 Å².